The molecule has 1 saturated heterocycles. The average Bonchev–Trinajstić information content (AvgIpc) is 2.31. The van der Waals surface area contributed by atoms with Crippen LogP contribution in [-0.2, 0) is 0 Å². The molecule has 1 N–H and O–H groups in total. The summed E-state index contributed by atoms with van der Waals surface area (Å²) < 4.78 is 0. The molecule has 3 unspecified atom stereocenters. The van der Waals surface area contributed by atoms with Gasteiger partial charge in [-0.3, -0.25) is 0 Å². The summed E-state index contributed by atoms with van der Waals surface area (Å²) in [5, 5.41) is 11.7. The van der Waals surface area contributed by atoms with E-state index >= 15 is 0 Å². The lowest BCUT2D eigenvalue weighted by Gasteiger charge is -2.32. The Labute approximate surface area is 88.3 Å². The molecule has 1 rings (SSSR count). The topological polar surface area (TPSA) is 23.5 Å². The van der Waals surface area contributed by atoms with Gasteiger partial charge in [0.25, 0.3) is 0 Å². The van der Waals surface area contributed by atoms with Crippen molar-refractivity contribution in [3.63, 3.8) is 0 Å². The van der Waals surface area contributed by atoms with Crippen molar-refractivity contribution in [3.05, 3.63) is 0 Å². The van der Waals surface area contributed by atoms with Crippen LogP contribution in [0.4, 0.5) is 0 Å². The molecule has 0 aromatic carbocycles. The molecule has 14 heavy (non-hydrogen) atoms. The molecule has 0 saturated carbocycles. The van der Waals surface area contributed by atoms with Crippen LogP contribution in [0.15, 0.2) is 0 Å². The maximum Gasteiger partial charge on any atom is 0.0378 e. The predicted octanol–water partition coefficient (Wildman–Crippen LogP) is 3.44. The van der Waals surface area contributed by atoms with E-state index < -0.39 is 0 Å². The van der Waals surface area contributed by atoms with Crippen LogP contribution in [0, 0.1) is 5.92 Å². The van der Waals surface area contributed by atoms with Gasteiger partial charge in [-0.1, -0.05) is 33.1 Å². The van der Waals surface area contributed by atoms with Crippen molar-refractivity contribution in [1.29, 1.82) is 0 Å². The Morgan fingerprint density at radius 3 is 2.64 bits per heavy atom. The zero-order chi connectivity index (χ0) is 10.6. The number of hydroxylamine groups is 2. The standard InChI is InChI=1S/C12H25NO/c1-4-7-10(2)12-9-6-5-8-11(3)13(12)14/h10-12,14H,4-9H2,1-3H3. The quantitative estimate of drug-likeness (QED) is 0.752. The highest BCUT2D eigenvalue weighted by atomic mass is 16.5. The van der Waals surface area contributed by atoms with Gasteiger partial charge in [0.1, 0.15) is 0 Å². The molecule has 0 radical (unpaired) electrons. The molecule has 2 nitrogen and oxygen atoms in total. The minimum atomic E-state index is 0.349. The van der Waals surface area contributed by atoms with Crippen molar-refractivity contribution in [2.24, 2.45) is 5.92 Å². The fourth-order valence-electron chi connectivity index (χ4n) is 2.58. The van der Waals surface area contributed by atoms with Gasteiger partial charge in [-0.05, 0) is 32.1 Å². The maximum atomic E-state index is 10.0. The number of nitrogens with zero attached hydrogens (tertiary/aromatic N) is 1. The molecule has 1 heterocycles. The third-order valence-electron chi connectivity index (χ3n) is 3.56. The number of rotatable bonds is 3. The van der Waals surface area contributed by atoms with E-state index in [4.69, 9.17) is 0 Å². The molecular weight excluding hydrogens is 174 g/mol. The molecule has 0 amide bonds. The Morgan fingerprint density at radius 1 is 1.36 bits per heavy atom. The molecule has 84 valence electrons. The van der Waals surface area contributed by atoms with Gasteiger partial charge in [-0.15, -0.1) is 0 Å². The van der Waals surface area contributed by atoms with Gasteiger partial charge in [0.05, 0.1) is 0 Å². The van der Waals surface area contributed by atoms with Crippen LogP contribution in [0.1, 0.15) is 59.3 Å². The highest BCUT2D eigenvalue weighted by Gasteiger charge is 2.28. The lowest BCUT2D eigenvalue weighted by Crippen LogP contribution is -2.41. The number of hydrogen-bond donors (Lipinski definition) is 1. The van der Waals surface area contributed by atoms with Crippen LogP contribution >= 0.6 is 0 Å². The predicted molar refractivity (Wildman–Crippen MR) is 59.4 cm³/mol. The highest BCUT2D eigenvalue weighted by molar-refractivity contribution is 4.78. The van der Waals surface area contributed by atoms with Gasteiger partial charge in [0.15, 0.2) is 0 Å². The average molecular weight is 199 g/mol. The molecule has 0 aromatic rings. The fraction of sp³-hybridized carbons (Fsp3) is 1.00. The van der Waals surface area contributed by atoms with Crippen molar-refractivity contribution in [2.45, 2.75) is 71.4 Å². The second kappa shape index (κ2) is 5.72. The van der Waals surface area contributed by atoms with E-state index in [0.29, 0.717) is 18.0 Å². The second-order valence-electron chi connectivity index (χ2n) is 4.85. The van der Waals surface area contributed by atoms with Crippen molar-refractivity contribution in [3.8, 4) is 0 Å². The minimum Gasteiger partial charge on any atom is -0.313 e. The van der Waals surface area contributed by atoms with Crippen LogP contribution in [-0.4, -0.2) is 22.4 Å². The summed E-state index contributed by atoms with van der Waals surface area (Å²) in [5.74, 6) is 0.630. The van der Waals surface area contributed by atoms with Crippen LogP contribution in [0.5, 0.6) is 0 Å². The first-order valence-corrected chi connectivity index (χ1v) is 6.14. The Bertz CT molecular complexity index is 160. The summed E-state index contributed by atoms with van der Waals surface area (Å²) in [5.41, 5.74) is 0. The lowest BCUT2D eigenvalue weighted by atomic mass is 9.93. The van der Waals surface area contributed by atoms with Crippen molar-refractivity contribution >= 4 is 0 Å². The maximum absolute atomic E-state index is 10.0. The van der Waals surface area contributed by atoms with Crippen LogP contribution in [0.3, 0.4) is 0 Å². The highest BCUT2D eigenvalue weighted by Crippen LogP contribution is 2.27. The summed E-state index contributed by atoms with van der Waals surface area (Å²) in [6.07, 6.45) is 7.32. The van der Waals surface area contributed by atoms with E-state index in [9.17, 15) is 5.21 Å². The van der Waals surface area contributed by atoms with Gasteiger partial charge in [-0.25, -0.2) is 0 Å². The minimum absolute atomic E-state index is 0.349. The molecule has 1 fully saturated rings. The molecule has 0 aliphatic carbocycles. The summed E-state index contributed by atoms with van der Waals surface area (Å²) in [4.78, 5) is 0. The van der Waals surface area contributed by atoms with Crippen LogP contribution < -0.4 is 0 Å². The zero-order valence-electron chi connectivity index (χ0n) is 9.87. The Hall–Kier alpha value is -0.0800. The molecule has 3 atom stereocenters. The summed E-state index contributed by atoms with van der Waals surface area (Å²) in [6, 6.07) is 0.745. The molecule has 1 aliphatic rings. The summed E-state index contributed by atoms with van der Waals surface area (Å²) >= 11 is 0. The largest absolute Gasteiger partial charge is 0.313 e. The third-order valence-corrected chi connectivity index (χ3v) is 3.56. The third kappa shape index (κ3) is 2.96. The van der Waals surface area contributed by atoms with Gasteiger partial charge >= 0.3 is 0 Å². The van der Waals surface area contributed by atoms with Gasteiger partial charge in [0, 0.05) is 12.1 Å². The smallest absolute Gasteiger partial charge is 0.0378 e. The van der Waals surface area contributed by atoms with E-state index in [1.54, 1.807) is 5.06 Å². The first kappa shape index (κ1) is 12.0. The number of hydrogen-bond acceptors (Lipinski definition) is 2. The molecular formula is C12H25NO. The molecule has 0 spiro atoms. The second-order valence-corrected chi connectivity index (χ2v) is 4.85. The van der Waals surface area contributed by atoms with E-state index in [0.717, 1.165) is 6.42 Å². The van der Waals surface area contributed by atoms with E-state index in [1.165, 1.54) is 32.1 Å². The Kier molecular flexibility index (Phi) is 4.90. The van der Waals surface area contributed by atoms with Gasteiger partial charge < -0.3 is 5.21 Å². The van der Waals surface area contributed by atoms with E-state index in [-0.39, 0.29) is 0 Å². The first-order valence-electron chi connectivity index (χ1n) is 6.14. The normalized spacial score (nSPS) is 32.6. The Morgan fingerprint density at radius 2 is 2.00 bits per heavy atom. The van der Waals surface area contributed by atoms with Gasteiger partial charge in [0.2, 0.25) is 0 Å². The van der Waals surface area contributed by atoms with Crippen molar-refractivity contribution in [2.75, 3.05) is 0 Å². The molecule has 2 heteroatoms. The van der Waals surface area contributed by atoms with Crippen LogP contribution in [0.2, 0.25) is 0 Å². The van der Waals surface area contributed by atoms with Gasteiger partial charge in [-0.2, -0.15) is 5.06 Å². The monoisotopic (exact) mass is 199 g/mol. The van der Waals surface area contributed by atoms with E-state index in [2.05, 4.69) is 20.8 Å². The lowest BCUT2D eigenvalue weighted by molar-refractivity contribution is -0.166. The van der Waals surface area contributed by atoms with Crippen LogP contribution in [0.25, 0.3) is 0 Å². The molecule has 0 aromatic heterocycles. The fourth-order valence-corrected chi connectivity index (χ4v) is 2.58. The summed E-state index contributed by atoms with van der Waals surface area (Å²) in [7, 11) is 0. The SMILES string of the molecule is CCCC(C)C1CCCCC(C)N1O. The van der Waals surface area contributed by atoms with E-state index in [1.807, 2.05) is 0 Å². The zero-order valence-corrected chi connectivity index (χ0v) is 9.87. The first-order chi connectivity index (χ1) is 6.66. The van der Waals surface area contributed by atoms with Crippen molar-refractivity contribution < 1.29 is 5.21 Å². The Balaban J connectivity index is 2.54. The summed E-state index contributed by atoms with van der Waals surface area (Å²) in [6.45, 7) is 6.63. The molecule has 0 bridgehead atoms. The van der Waals surface area contributed by atoms with Crippen molar-refractivity contribution in [1.82, 2.24) is 5.06 Å². The molecule has 1 aliphatic heterocycles.